The summed E-state index contributed by atoms with van der Waals surface area (Å²) in [5, 5.41) is 7.60. The van der Waals surface area contributed by atoms with Gasteiger partial charge in [-0.2, -0.15) is 0 Å². The van der Waals surface area contributed by atoms with Gasteiger partial charge in [-0.05, 0) is 6.42 Å². The van der Waals surface area contributed by atoms with Gasteiger partial charge < -0.3 is 5.11 Å². The smallest absolute Gasteiger partial charge is 0.327 e. The Hall–Kier alpha value is -1.05. The molecule has 0 aromatic heterocycles. The van der Waals surface area contributed by atoms with Gasteiger partial charge in [0.05, 0.1) is 0 Å². The van der Waals surface area contributed by atoms with Gasteiger partial charge >= 0.3 is 5.97 Å². The van der Waals surface area contributed by atoms with Crippen LogP contribution < -0.4 is 0 Å². The third kappa shape index (κ3) is 44.8. The summed E-state index contributed by atoms with van der Waals surface area (Å²) in [5.41, 5.74) is 0. The summed E-state index contributed by atoms with van der Waals surface area (Å²) >= 11 is 0. The first-order valence-corrected chi connectivity index (χ1v) is 2.57. The molecule has 1 radical (unpaired) electrons. The number of hydrogen-bond acceptors (Lipinski definition) is 1. The predicted molar refractivity (Wildman–Crippen MR) is 37.0 cm³/mol. The van der Waals surface area contributed by atoms with E-state index in [1.165, 1.54) is 0 Å². The maximum absolute atomic E-state index is 9.25. The van der Waals surface area contributed by atoms with E-state index in [1.54, 1.807) is 6.08 Å². The summed E-state index contributed by atoms with van der Waals surface area (Å²) in [4.78, 5) is 9.25. The Kier molecular flexibility index (Phi) is 12.1. The second-order valence-electron chi connectivity index (χ2n) is 1.19. The summed E-state index contributed by atoms with van der Waals surface area (Å²) < 4.78 is 0. The minimum atomic E-state index is -0.981. The number of carbonyl (C=O) groups is 1. The number of aliphatic carboxylic acids is 1. The highest BCUT2D eigenvalue weighted by Crippen LogP contribution is 1.65. The first kappa shape index (κ1) is 10.8. The van der Waals surface area contributed by atoms with E-state index in [9.17, 15) is 4.79 Å². The van der Waals surface area contributed by atoms with Crippen molar-refractivity contribution in [2.24, 2.45) is 0 Å². The molecule has 1 N–H and O–H groups in total. The first-order valence-electron chi connectivity index (χ1n) is 2.57. The van der Waals surface area contributed by atoms with Crippen LogP contribution in [-0.2, 0) is 4.79 Å². The Morgan fingerprint density at radius 1 is 1.89 bits per heavy atom. The fraction of sp³-hybridized carbons (Fsp3) is 0.286. The summed E-state index contributed by atoms with van der Waals surface area (Å²) in [6.45, 7) is 9.86. The summed E-state index contributed by atoms with van der Waals surface area (Å²) in [7, 11) is 0. The minimum Gasteiger partial charge on any atom is -0.478 e. The van der Waals surface area contributed by atoms with E-state index in [0.29, 0.717) is 0 Å². The third-order valence-electron chi connectivity index (χ3n) is 0.410. The molecular weight excluding hydrogens is 116 g/mol. The van der Waals surface area contributed by atoms with E-state index in [-0.39, 0.29) is 0 Å². The summed E-state index contributed by atoms with van der Waals surface area (Å²) in [6.07, 6.45) is 3.43. The highest BCUT2D eigenvalue weighted by Gasteiger charge is 1.73. The van der Waals surface area contributed by atoms with Gasteiger partial charge in [-0.1, -0.05) is 26.2 Å². The molecular formula is C7H11O2. The van der Waals surface area contributed by atoms with E-state index in [4.69, 9.17) is 11.7 Å². The Bertz CT molecular complexity index is 95.1. The molecule has 0 fully saturated rings. The van der Waals surface area contributed by atoms with E-state index >= 15 is 0 Å². The second kappa shape index (κ2) is 10.0. The quantitative estimate of drug-likeness (QED) is 0.572. The molecule has 0 saturated heterocycles. The van der Waals surface area contributed by atoms with E-state index in [0.717, 1.165) is 12.5 Å². The standard InChI is InChI=1S/C4H7.C3H4O2/c1-3-4-2;1-2-3(4)5/h1,3H,4H2,2H3;2H,1H2,(H,4,5). The monoisotopic (exact) mass is 127 g/mol. The maximum Gasteiger partial charge on any atom is 0.327 e. The van der Waals surface area contributed by atoms with Crippen molar-refractivity contribution in [1.29, 1.82) is 0 Å². The minimum absolute atomic E-state index is 0.833. The van der Waals surface area contributed by atoms with Crippen molar-refractivity contribution < 1.29 is 9.90 Å². The molecule has 2 nitrogen and oxygen atoms in total. The highest BCUT2D eigenvalue weighted by molar-refractivity contribution is 5.78. The van der Waals surface area contributed by atoms with Gasteiger partial charge in [0, 0.05) is 6.08 Å². The van der Waals surface area contributed by atoms with Crippen LogP contribution in [0.15, 0.2) is 18.7 Å². The molecule has 51 valence electrons. The van der Waals surface area contributed by atoms with Gasteiger partial charge in [0.1, 0.15) is 0 Å². The second-order valence-corrected chi connectivity index (χ2v) is 1.19. The fourth-order valence-corrected chi connectivity index (χ4v) is 0. The van der Waals surface area contributed by atoms with Crippen LogP contribution in [0, 0.1) is 6.58 Å². The highest BCUT2D eigenvalue weighted by atomic mass is 16.4. The molecule has 0 amide bonds. The molecule has 0 aromatic carbocycles. The number of carboxylic acids is 1. The summed E-state index contributed by atoms with van der Waals surface area (Å²) in [5.74, 6) is -0.981. The molecule has 0 heterocycles. The Morgan fingerprint density at radius 3 is 2.11 bits per heavy atom. The van der Waals surface area contributed by atoms with Crippen LogP contribution >= 0.6 is 0 Å². The van der Waals surface area contributed by atoms with Crippen LogP contribution in [-0.4, -0.2) is 11.1 Å². The molecule has 0 rings (SSSR count). The molecule has 0 bridgehead atoms. The average Bonchev–Trinajstić information content (AvgIpc) is 1.89. The van der Waals surface area contributed by atoms with Crippen molar-refractivity contribution in [3.05, 3.63) is 25.3 Å². The molecule has 0 aliphatic heterocycles. The van der Waals surface area contributed by atoms with Crippen LogP contribution in [0.4, 0.5) is 0 Å². The molecule has 0 aliphatic rings. The van der Waals surface area contributed by atoms with Crippen LogP contribution in [0.3, 0.4) is 0 Å². The van der Waals surface area contributed by atoms with Crippen molar-refractivity contribution in [1.82, 2.24) is 0 Å². The summed E-state index contributed by atoms with van der Waals surface area (Å²) in [6, 6.07) is 0. The largest absolute Gasteiger partial charge is 0.478 e. The number of allylic oxidation sites excluding steroid dienone is 1. The van der Waals surface area contributed by atoms with Crippen molar-refractivity contribution in [2.45, 2.75) is 13.3 Å². The van der Waals surface area contributed by atoms with Crippen molar-refractivity contribution in [3.63, 3.8) is 0 Å². The average molecular weight is 127 g/mol. The zero-order valence-corrected chi connectivity index (χ0v) is 5.50. The van der Waals surface area contributed by atoms with E-state index in [1.807, 2.05) is 6.92 Å². The lowest BCUT2D eigenvalue weighted by atomic mass is 10.5. The predicted octanol–water partition coefficient (Wildman–Crippen LogP) is 1.64. The van der Waals surface area contributed by atoms with E-state index < -0.39 is 5.97 Å². The van der Waals surface area contributed by atoms with Crippen LogP contribution in [0.5, 0.6) is 0 Å². The number of hydrogen-bond donors (Lipinski definition) is 1. The lowest BCUT2D eigenvalue weighted by molar-refractivity contribution is -0.131. The SMILES string of the molecule is C=CC(=O)O.[CH]=CCC. The normalized spacial score (nSPS) is 6.33. The Labute approximate surface area is 55.5 Å². The molecule has 2 heteroatoms. The molecule has 0 atom stereocenters. The molecule has 0 unspecified atom stereocenters. The molecule has 0 spiro atoms. The molecule has 0 aromatic rings. The number of rotatable bonds is 2. The van der Waals surface area contributed by atoms with Gasteiger partial charge in [0.15, 0.2) is 0 Å². The molecule has 0 aliphatic carbocycles. The van der Waals surface area contributed by atoms with Crippen LogP contribution in [0.2, 0.25) is 0 Å². The zero-order valence-electron chi connectivity index (χ0n) is 5.50. The third-order valence-corrected chi connectivity index (χ3v) is 0.410. The lowest BCUT2D eigenvalue weighted by Gasteiger charge is -1.64. The van der Waals surface area contributed by atoms with Gasteiger partial charge in [-0.3, -0.25) is 0 Å². The van der Waals surface area contributed by atoms with Gasteiger partial charge in [0.25, 0.3) is 0 Å². The zero-order chi connectivity index (χ0) is 7.70. The Balaban J connectivity index is 0. The maximum atomic E-state index is 9.25. The lowest BCUT2D eigenvalue weighted by Crippen LogP contribution is -1.82. The van der Waals surface area contributed by atoms with Gasteiger partial charge in [0.2, 0.25) is 0 Å². The van der Waals surface area contributed by atoms with E-state index in [2.05, 4.69) is 6.58 Å². The van der Waals surface area contributed by atoms with Crippen molar-refractivity contribution in [2.75, 3.05) is 0 Å². The van der Waals surface area contributed by atoms with Crippen molar-refractivity contribution >= 4 is 5.97 Å². The first-order chi connectivity index (χ1) is 4.18. The van der Waals surface area contributed by atoms with Crippen LogP contribution in [0.1, 0.15) is 13.3 Å². The van der Waals surface area contributed by atoms with Gasteiger partial charge in [-0.15, -0.1) is 0 Å². The molecule has 0 saturated carbocycles. The topological polar surface area (TPSA) is 37.3 Å². The Morgan fingerprint density at radius 2 is 2.11 bits per heavy atom. The van der Waals surface area contributed by atoms with Crippen molar-refractivity contribution in [3.8, 4) is 0 Å². The molecule has 9 heavy (non-hydrogen) atoms. The fourth-order valence-electron chi connectivity index (χ4n) is 0. The van der Waals surface area contributed by atoms with Crippen LogP contribution in [0.25, 0.3) is 0 Å². The number of carboxylic acid groups (broad SMARTS) is 1. The van der Waals surface area contributed by atoms with Gasteiger partial charge in [-0.25, -0.2) is 4.79 Å².